The molecule has 0 aromatic carbocycles. The van der Waals surface area contributed by atoms with E-state index < -0.39 is 0 Å². The lowest BCUT2D eigenvalue weighted by molar-refractivity contribution is -0.131. The average molecular weight is 266 g/mol. The average Bonchev–Trinajstić information content (AvgIpc) is 2.99. The fourth-order valence-corrected chi connectivity index (χ4v) is 2.40. The zero-order valence-corrected chi connectivity index (χ0v) is 11.6. The number of carbonyl (C=O) groups is 1. The monoisotopic (exact) mass is 266 g/mol. The van der Waals surface area contributed by atoms with Crippen molar-refractivity contribution < 1.29 is 4.79 Å². The van der Waals surface area contributed by atoms with E-state index in [1.165, 1.54) is 6.42 Å². The molecule has 7 heteroatoms. The third-order valence-corrected chi connectivity index (χ3v) is 3.67. The van der Waals surface area contributed by atoms with Crippen LogP contribution >= 0.6 is 0 Å². The maximum Gasteiger partial charge on any atom is 0.244 e. The summed E-state index contributed by atoms with van der Waals surface area (Å²) in [6.07, 6.45) is 4.09. The zero-order chi connectivity index (χ0) is 13.8. The molecule has 1 unspecified atom stereocenters. The summed E-state index contributed by atoms with van der Waals surface area (Å²) < 4.78 is 1.54. The van der Waals surface area contributed by atoms with Crippen molar-refractivity contribution in [3.8, 4) is 0 Å². The first-order chi connectivity index (χ1) is 9.10. The van der Waals surface area contributed by atoms with Crippen LogP contribution in [0.3, 0.4) is 0 Å². The number of nitrogens with two attached hydrogens (primary N) is 1. The van der Waals surface area contributed by atoms with Gasteiger partial charge in [0.15, 0.2) is 0 Å². The maximum atomic E-state index is 12.1. The van der Waals surface area contributed by atoms with Gasteiger partial charge in [-0.1, -0.05) is 5.21 Å². The maximum absolute atomic E-state index is 12.1. The van der Waals surface area contributed by atoms with Crippen LogP contribution < -0.4 is 5.73 Å². The number of likely N-dealkylation sites (N-methyl/N-ethyl adjacent to an activating group) is 2. The van der Waals surface area contributed by atoms with Crippen molar-refractivity contribution in [1.82, 2.24) is 24.8 Å². The van der Waals surface area contributed by atoms with Crippen LogP contribution in [0.25, 0.3) is 0 Å². The molecule has 0 radical (unpaired) electrons. The van der Waals surface area contributed by atoms with E-state index in [2.05, 4.69) is 22.3 Å². The van der Waals surface area contributed by atoms with E-state index in [4.69, 9.17) is 5.73 Å². The van der Waals surface area contributed by atoms with Crippen molar-refractivity contribution in [1.29, 1.82) is 0 Å². The van der Waals surface area contributed by atoms with E-state index >= 15 is 0 Å². The molecule has 1 amide bonds. The Morgan fingerprint density at radius 3 is 3.00 bits per heavy atom. The highest BCUT2D eigenvalue weighted by Crippen LogP contribution is 2.15. The lowest BCUT2D eigenvalue weighted by Gasteiger charge is -2.25. The van der Waals surface area contributed by atoms with Crippen LogP contribution in [0.5, 0.6) is 0 Å². The summed E-state index contributed by atoms with van der Waals surface area (Å²) in [5, 5.41) is 7.76. The van der Waals surface area contributed by atoms with E-state index in [1.54, 1.807) is 15.8 Å². The number of rotatable bonds is 5. The van der Waals surface area contributed by atoms with Gasteiger partial charge in [-0.25, -0.2) is 4.68 Å². The molecule has 0 spiro atoms. The van der Waals surface area contributed by atoms with Crippen LogP contribution in [0, 0.1) is 0 Å². The molecule has 19 heavy (non-hydrogen) atoms. The van der Waals surface area contributed by atoms with Gasteiger partial charge in [0.25, 0.3) is 0 Å². The van der Waals surface area contributed by atoms with Gasteiger partial charge in [-0.3, -0.25) is 4.79 Å². The molecule has 1 saturated heterocycles. The molecule has 0 saturated carbocycles. The summed E-state index contributed by atoms with van der Waals surface area (Å²) in [4.78, 5) is 16.2. The Kier molecular flexibility index (Phi) is 4.49. The second kappa shape index (κ2) is 6.12. The van der Waals surface area contributed by atoms with Crippen molar-refractivity contribution >= 4 is 5.91 Å². The SMILES string of the molecule is CN(CC1CCCN1C)C(=O)Cn1cc(CN)nn1. The molecule has 7 nitrogen and oxygen atoms in total. The quantitative estimate of drug-likeness (QED) is 0.761. The Balaban J connectivity index is 1.85. The van der Waals surface area contributed by atoms with Crippen molar-refractivity contribution in [2.45, 2.75) is 32.0 Å². The van der Waals surface area contributed by atoms with E-state index in [0.717, 1.165) is 19.5 Å². The third kappa shape index (κ3) is 3.51. The summed E-state index contributed by atoms with van der Waals surface area (Å²) in [6, 6.07) is 0.476. The van der Waals surface area contributed by atoms with Gasteiger partial charge >= 0.3 is 0 Å². The summed E-state index contributed by atoms with van der Waals surface area (Å²) in [5.74, 6) is 0.0498. The topological polar surface area (TPSA) is 80.3 Å². The highest BCUT2D eigenvalue weighted by atomic mass is 16.2. The largest absolute Gasteiger partial charge is 0.343 e. The second-order valence-corrected chi connectivity index (χ2v) is 5.16. The summed E-state index contributed by atoms with van der Waals surface area (Å²) in [7, 11) is 3.95. The van der Waals surface area contributed by atoms with Crippen molar-refractivity contribution in [2.75, 3.05) is 27.2 Å². The molecule has 1 atom stereocenters. The van der Waals surface area contributed by atoms with Crippen molar-refractivity contribution in [3.05, 3.63) is 11.9 Å². The third-order valence-electron chi connectivity index (χ3n) is 3.67. The molecular formula is C12H22N6O. The van der Waals surface area contributed by atoms with Gasteiger partial charge in [0, 0.05) is 26.2 Å². The Hall–Kier alpha value is -1.47. The molecule has 0 aliphatic carbocycles. The van der Waals surface area contributed by atoms with Crippen LogP contribution in [0.2, 0.25) is 0 Å². The smallest absolute Gasteiger partial charge is 0.244 e. The van der Waals surface area contributed by atoms with Gasteiger partial charge in [0.2, 0.25) is 5.91 Å². The molecule has 1 aromatic heterocycles. The number of hydrogen-bond acceptors (Lipinski definition) is 5. The van der Waals surface area contributed by atoms with Gasteiger partial charge in [-0.2, -0.15) is 0 Å². The first-order valence-corrected chi connectivity index (χ1v) is 6.63. The van der Waals surface area contributed by atoms with Crippen LogP contribution in [0.4, 0.5) is 0 Å². The van der Waals surface area contributed by atoms with Gasteiger partial charge in [0.1, 0.15) is 6.54 Å². The molecule has 1 aromatic rings. The van der Waals surface area contributed by atoms with E-state index in [1.807, 2.05) is 7.05 Å². The van der Waals surface area contributed by atoms with Gasteiger partial charge in [-0.15, -0.1) is 5.10 Å². The number of aromatic nitrogens is 3. The van der Waals surface area contributed by atoms with Gasteiger partial charge < -0.3 is 15.5 Å². The molecule has 2 rings (SSSR count). The fourth-order valence-electron chi connectivity index (χ4n) is 2.40. The Morgan fingerprint density at radius 1 is 1.63 bits per heavy atom. The number of carbonyl (C=O) groups excluding carboxylic acids is 1. The van der Waals surface area contributed by atoms with Crippen LogP contribution in [0.1, 0.15) is 18.5 Å². The molecule has 1 aliphatic heterocycles. The summed E-state index contributed by atoms with van der Waals surface area (Å²) in [5.41, 5.74) is 6.16. The molecule has 106 valence electrons. The predicted octanol–water partition coefficient (Wildman–Crippen LogP) is -0.711. The fraction of sp³-hybridized carbons (Fsp3) is 0.750. The van der Waals surface area contributed by atoms with Crippen molar-refractivity contribution in [2.24, 2.45) is 5.73 Å². The lowest BCUT2D eigenvalue weighted by atomic mass is 10.2. The van der Waals surface area contributed by atoms with E-state index in [0.29, 0.717) is 18.3 Å². The Bertz CT molecular complexity index is 432. The minimum atomic E-state index is 0.0498. The number of nitrogens with zero attached hydrogens (tertiary/aromatic N) is 5. The molecule has 1 fully saturated rings. The second-order valence-electron chi connectivity index (χ2n) is 5.16. The van der Waals surface area contributed by atoms with Crippen molar-refractivity contribution in [3.63, 3.8) is 0 Å². The Labute approximate surface area is 113 Å². The van der Waals surface area contributed by atoms with E-state index in [9.17, 15) is 4.79 Å². The highest BCUT2D eigenvalue weighted by Gasteiger charge is 2.23. The molecule has 0 bridgehead atoms. The van der Waals surface area contributed by atoms with Gasteiger partial charge in [0.05, 0.1) is 11.9 Å². The number of hydrogen-bond donors (Lipinski definition) is 1. The number of likely N-dealkylation sites (tertiary alicyclic amines) is 1. The Morgan fingerprint density at radius 2 is 2.42 bits per heavy atom. The molecule has 2 heterocycles. The number of amides is 1. The lowest BCUT2D eigenvalue weighted by Crippen LogP contribution is -2.40. The highest BCUT2D eigenvalue weighted by molar-refractivity contribution is 5.75. The summed E-state index contributed by atoms with van der Waals surface area (Å²) >= 11 is 0. The normalized spacial score (nSPS) is 19.8. The molecule has 2 N–H and O–H groups in total. The molecule has 1 aliphatic rings. The first-order valence-electron chi connectivity index (χ1n) is 6.63. The minimum Gasteiger partial charge on any atom is -0.343 e. The first kappa shape index (κ1) is 14.0. The minimum absolute atomic E-state index is 0.0498. The standard InChI is InChI=1S/C12H22N6O/c1-16-5-3-4-11(16)8-17(2)12(19)9-18-7-10(6-13)14-15-18/h7,11H,3-6,8-9,13H2,1-2H3. The van der Waals surface area contributed by atoms with Crippen LogP contribution in [-0.4, -0.2) is 63.9 Å². The predicted molar refractivity (Wildman–Crippen MR) is 71.2 cm³/mol. The zero-order valence-electron chi connectivity index (χ0n) is 11.6. The van der Waals surface area contributed by atoms with Crippen LogP contribution in [0.15, 0.2) is 6.20 Å². The van der Waals surface area contributed by atoms with Crippen LogP contribution in [-0.2, 0) is 17.9 Å². The van der Waals surface area contributed by atoms with E-state index in [-0.39, 0.29) is 12.5 Å². The molecular weight excluding hydrogens is 244 g/mol. The van der Waals surface area contributed by atoms with Gasteiger partial charge in [-0.05, 0) is 26.4 Å². The summed E-state index contributed by atoms with van der Waals surface area (Å²) in [6.45, 7) is 2.46.